The number of allylic oxidation sites excluding steroid dienone is 12. The minimum Gasteiger partial charge on any atom is -0.313 e. The molecule has 0 aliphatic heterocycles. The Morgan fingerprint density at radius 3 is 1.88 bits per heavy atom. The molecule has 3 aliphatic carbocycles. The number of fused-ring (bicyclic) bond motifs is 3. The normalized spacial score (nSPS) is 15.4. The van der Waals surface area contributed by atoms with Crippen LogP contribution >= 0.6 is 0 Å². The lowest BCUT2D eigenvalue weighted by atomic mass is 9.87. The van der Waals surface area contributed by atoms with Crippen LogP contribution in [-0.2, 0) is 6.42 Å². The number of hydrogen-bond acceptors (Lipinski definition) is 0. The van der Waals surface area contributed by atoms with Gasteiger partial charge in [0.2, 0.25) is 0 Å². The van der Waals surface area contributed by atoms with E-state index in [0.717, 1.165) is 44.9 Å². The van der Waals surface area contributed by atoms with E-state index in [9.17, 15) is 0 Å². The molecule has 1 aromatic heterocycles. The molecule has 0 unspecified atom stereocenters. The summed E-state index contributed by atoms with van der Waals surface area (Å²) in [5, 5.41) is 2.60. The van der Waals surface area contributed by atoms with Gasteiger partial charge in [0.1, 0.15) is 0 Å². The van der Waals surface area contributed by atoms with Gasteiger partial charge in [0.25, 0.3) is 0 Å². The Labute approximate surface area is 337 Å². The third kappa shape index (κ3) is 6.89. The largest absolute Gasteiger partial charge is 0.313 e. The smallest absolute Gasteiger partial charge is 0.0538 e. The highest BCUT2D eigenvalue weighted by Crippen LogP contribution is 2.40. The van der Waals surface area contributed by atoms with Crippen molar-refractivity contribution in [1.82, 2.24) is 4.57 Å². The second kappa shape index (κ2) is 15.2. The second-order valence-corrected chi connectivity index (χ2v) is 15.9. The van der Waals surface area contributed by atoms with Gasteiger partial charge in [-0.3, -0.25) is 0 Å². The fraction of sp³-hybridized carbons (Fsp3) is 0.143. The maximum Gasteiger partial charge on any atom is 0.0538 e. The molecule has 0 fully saturated rings. The summed E-state index contributed by atoms with van der Waals surface area (Å²) in [4.78, 5) is 0. The summed E-state index contributed by atoms with van der Waals surface area (Å²) in [6, 6.07) is 50.2. The van der Waals surface area contributed by atoms with E-state index < -0.39 is 0 Å². The SMILES string of the molecule is Cc1ccc(-c2ccccc2)cc1-c1cc(-c2ccc3c(c2)c2ccccc2n3C2=CC=C(C3=CC=CCC3)CC2)ccc1Cc1ccc(C2=CC=CCC2)cc1. The molecule has 1 heteroatoms. The molecule has 0 amide bonds. The van der Waals surface area contributed by atoms with Crippen molar-refractivity contribution >= 4 is 33.1 Å². The van der Waals surface area contributed by atoms with Crippen LogP contribution in [0.4, 0.5) is 0 Å². The quantitative estimate of drug-likeness (QED) is 0.147. The Balaban J connectivity index is 1.06. The van der Waals surface area contributed by atoms with Crippen molar-refractivity contribution in [2.45, 2.75) is 51.9 Å². The minimum absolute atomic E-state index is 0.871. The standard InChI is InChI=1S/C56H47N/c1-39-21-24-46(43-17-9-4-10-18-43)36-52(39)53-37-47(27-28-49(53)35-40-22-25-44(26-23-40)41-13-5-2-6-14-41)48-31-34-56-54(38-48)51-19-11-12-20-55(51)57(56)50-32-29-45(30-33-50)42-15-7-3-8-16-42/h2-5,7,9-13,15,17-29,31-32,34,36-38H,6,8,14,16,30,33,35H2,1H3. The van der Waals surface area contributed by atoms with E-state index >= 15 is 0 Å². The highest BCUT2D eigenvalue weighted by atomic mass is 15.0. The molecule has 0 saturated carbocycles. The zero-order valence-corrected chi connectivity index (χ0v) is 32.7. The Kier molecular flexibility index (Phi) is 9.36. The van der Waals surface area contributed by atoms with E-state index in [1.165, 1.54) is 99.9 Å². The first-order chi connectivity index (χ1) is 28.2. The lowest BCUT2D eigenvalue weighted by Gasteiger charge is -2.20. The first-order valence-corrected chi connectivity index (χ1v) is 20.7. The van der Waals surface area contributed by atoms with E-state index in [1.807, 2.05) is 0 Å². The average Bonchev–Trinajstić information content (AvgIpc) is 3.62. The summed E-state index contributed by atoms with van der Waals surface area (Å²) in [5.41, 5.74) is 21.2. The van der Waals surface area contributed by atoms with Gasteiger partial charge in [-0.1, -0.05) is 146 Å². The van der Waals surface area contributed by atoms with Crippen molar-refractivity contribution in [2.24, 2.45) is 0 Å². The Morgan fingerprint density at radius 2 is 1.11 bits per heavy atom. The van der Waals surface area contributed by atoms with Crippen molar-refractivity contribution in [2.75, 3.05) is 0 Å². The molecule has 276 valence electrons. The van der Waals surface area contributed by atoms with Gasteiger partial charge in [0.05, 0.1) is 11.0 Å². The van der Waals surface area contributed by atoms with Crippen LogP contribution in [0.5, 0.6) is 0 Å². The topological polar surface area (TPSA) is 4.93 Å². The summed E-state index contributed by atoms with van der Waals surface area (Å²) in [6.07, 6.45) is 25.7. The van der Waals surface area contributed by atoms with Crippen molar-refractivity contribution in [3.05, 3.63) is 215 Å². The van der Waals surface area contributed by atoms with E-state index in [-0.39, 0.29) is 0 Å². The molecule has 3 aliphatic rings. The molecular formula is C56H47N. The fourth-order valence-electron chi connectivity index (χ4n) is 9.20. The van der Waals surface area contributed by atoms with Gasteiger partial charge in [-0.15, -0.1) is 0 Å². The van der Waals surface area contributed by atoms with Gasteiger partial charge in [-0.25, -0.2) is 0 Å². The summed E-state index contributed by atoms with van der Waals surface area (Å²) in [5.74, 6) is 0. The summed E-state index contributed by atoms with van der Waals surface area (Å²) in [7, 11) is 0. The van der Waals surface area contributed by atoms with Crippen LogP contribution in [0.25, 0.3) is 66.5 Å². The Morgan fingerprint density at radius 1 is 0.456 bits per heavy atom. The number of aryl methyl sites for hydroxylation is 1. The molecule has 1 nitrogen and oxygen atoms in total. The molecule has 0 atom stereocenters. The molecule has 7 aromatic rings. The molecule has 0 saturated heterocycles. The summed E-state index contributed by atoms with van der Waals surface area (Å²) in [6.45, 7) is 2.25. The van der Waals surface area contributed by atoms with Crippen molar-refractivity contribution in [3.8, 4) is 33.4 Å². The number of hydrogen-bond donors (Lipinski definition) is 0. The lowest BCUT2D eigenvalue weighted by Crippen LogP contribution is -2.03. The van der Waals surface area contributed by atoms with Crippen LogP contribution in [0.2, 0.25) is 0 Å². The van der Waals surface area contributed by atoms with E-state index in [2.05, 4.69) is 194 Å². The van der Waals surface area contributed by atoms with E-state index in [4.69, 9.17) is 0 Å². The number of aromatic nitrogens is 1. The van der Waals surface area contributed by atoms with Crippen molar-refractivity contribution in [3.63, 3.8) is 0 Å². The fourth-order valence-corrected chi connectivity index (χ4v) is 9.20. The summed E-state index contributed by atoms with van der Waals surface area (Å²) >= 11 is 0. The zero-order valence-electron chi connectivity index (χ0n) is 32.7. The molecule has 0 N–H and O–H groups in total. The van der Waals surface area contributed by atoms with Gasteiger partial charge in [-0.05, 0) is 161 Å². The first-order valence-electron chi connectivity index (χ1n) is 20.7. The van der Waals surface area contributed by atoms with Crippen LogP contribution in [0.15, 0.2) is 193 Å². The maximum atomic E-state index is 2.51. The van der Waals surface area contributed by atoms with E-state index in [0.29, 0.717) is 0 Å². The number of nitrogens with zero attached hydrogens (tertiary/aromatic N) is 1. The molecule has 10 rings (SSSR count). The minimum atomic E-state index is 0.871. The van der Waals surface area contributed by atoms with Crippen LogP contribution in [0.3, 0.4) is 0 Å². The Hall–Kier alpha value is -6.44. The third-order valence-electron chi connectivity index (χ3n) is 12.3. The van der Waals surface area contributed by atoms with Crippen LogP contribution in [0.1, 0.15) is 60.8 Å². The predicted molar refractivity (Wildman–Crippen MR) is 244 cm³/mol. The molecule has 1 heterocycles. The number of rotatable bonds is 8. The van der Waals surface area contributed by atoms with Gasteiger partial charge in [-0.2, -0.15) is 0 Å². The van der Waals surface area contributed by atoms with Gasteiger partial charge in [0, 0.05) is 16.5 Å². The monoisotopic (exact) mass is 733 g/mol. The Bertz CT molecular complexity index is 2850. The van der Waals surface area contributed by atoms with Crippen molar-refractivity contribution < 1.29 is 0 Å². The van der Waals surface area contributed by atoms with Crippen LogP contribution in [0, 0.1) is 6.92 Å². The number of para-hydroxylation sites is 1. The van der Waals surface area contributed by atoms with Gasteiger partial charge in [0.15, 0.2) is 0 Å². The zero-order chi connectivity index (χ0) is 38.1. The molecule has 0 radical (unpaired) electrons. The highest BCUT2D eigenvalue weighted by Gasteiger charge is 2.19. The number of benzene rings is 6. The first kappa shape index (κ1) is 35.0. The molecule has 0 bridgehead atoms. The van der Waals surface area contributed by atoms with Gasteiger partial charge < -0.3 is 4.57 Å². The summed E-state index contributed by atoms with van der Waals surface area (Å²) < 4.78 is 2.51. The molecular weight excluding hydrogens is 687 g/mol. The van der Waals surface area contributed by atoms with E-state index in [1.54, 1.807) is 0 Å². The van der Waals surface area contributed by atoms with Crippen molar-refractivity contribution in [1.29, 1.82) is 0 Å². The molecule has 6 aromatic carbocycles. The van der Waals surface area contributed by atoms with Gasteiger partial charge >= 0.3 is 0 Å². The lowest BCUT2D eigenvalue weighted by molar-refractivity contribution is 0.885. The third-order valence-corrected chi connectivity index (χ3v) is 12.3. The molecule has 0 spiro atoms. The average molecular weight is 734 g/mol. The maximum absolute atomic E-state index is 2.51. The van der Waals surface area contributed by atoms with Crippen LogP contribution < -0.4 is 0 Å². The van der Waals surface area contributed by atoms with Crippen LogP contribution in [-0.4, -0.2) is 4.57 Å². The highest BCUT2D eigenvalue weighted by molar-refractivity contribution is 6.11. The molecule has 57 heavy (non-hydrogen) atoms. The predicted octanol–water partition coefficient (Wildman–Crippen LogP) is 15.3. The second-order valence-electron chi connectivity index (χ2n) is 15.9.